The number of anilines is 1. The Bertz CT molecular complexity index is 1140. The summed E-state index contributed by atoms with van der Waals surface area (Å²) >= 11 is 6.13. The fourth-order valence-corrected chi connectivity index (χ4v) is 4.23. The van der Waals surface area contributed by atoms with Gasteiger partial charge in [-0.1, -0.05) is 29.8 Å². The molecular formula is C23H25ClFN5O2. The van der Waals surface area contributed by atoms with Gasteiger partial charge in [0.25, 0.3) is 5.91 Å². The Morgan fingerprint density at radius 2 is 1.88 bits per heavy atom. The number of aromatic nitrogens is 1. The van der Waals surface area contributed by atoms with Gasteiger partial charge in [-0.05, 0) is 24.3 Å². The van der Waals surface area contributed by atoms with E-state index in [4.69, 9.17) is 17.3 Å². The second kappa shape index (κ2) is 9.58. The Morgan fingerprint density at radius 1 is 1.12 bits per heavy atom. The van der Waals surface area contributed by atoms with Crippen LogP contribution < -0.4 is 16.0 Å². The maximum atomic E-state index is 14.1. The molecule has 4 rings (SSSR count). The number of para-hydroxylation sites is 1. The normalized spacial score (nSPS) is 14.1. The molecule has 3 aromatic rings. The van der Waals surface area contributed by atoms with Gasteiger partial charge in [-0.2, -0.15) is 0 Å². The van der Waals surface area contributed by atoms with Crippen molar-refractivity contribution in [2.75, 3.05) is 44.2 Å². The van der Waals surface area contributed by atoms with E-state index in [1.165, 1.54) is 6.07 Å². The monoisotopic (exact) mass is 457 g/mol. The van der Waals surface area contributed by atoms with Crippen molar-refractivity contribution in [3.8, 4) is 0 Å². The summed E-state index contributed by atoms with van der Waals surface area (Å²) in [5.41, 5.74) is 7.71. The number of carbonyl (C=O) groups excluding carboxylic acids is 2. The van der Waals surface area contributed by atoms with E-state index in [1.54, 1.807) is 41.3 Å². The molecule has 1 aliphatic rings. The Hall–Kier alpha value is -3.10. The molecule has 9 heteroatoms. The lowest BCUT2D eigenvalue weighted by atomic mass is 10.1. The third-order valence-corrected chi connectivity index (χ3v) is 5.85. The average molecular weight is 458 g/mol. The minimum atomic E-state index is -0.272. The number of hydrogen-bond donors (Lipinski definition) is 3. The van der Waals surface area contributed by atoms with E-state index in [0.717, 1.165) is 5.39 Å². The molecule has 0 radical (unpaired) electrons. The molecule has 0 unspecified atom stereocenters. The molecule has 7 nitrogen and oxygen atoms in total. The summed E-state index contributed by atoms with van der Waals surface area (Å²) in [6.45, 7) is 2.65. The van der Waals surface area contributed by atoms with E-state index < -0.39 is 0 Å². The summed E-state index contributed by atoms with van der Waals surface area (Å²) in [5.74, 6) is -0.647. The lowest BCUT2D eigenvalue weighted by Gasteiger charge is -2.36. The molecule has 2 aromatic carbocycles. The fourth-order valence-electron chi connectivity index (χ4n) is 4.05. The van der Waals surface area contributed by atoms with Crippen LogP contribution in [0.3, 0.4) is 0 Å². The van der Waals surface area contributed by atoms with Crippen LogP contribution in [-0.2, 0) is 11.2 Å². The van der Waals surface area contributed by atoms with Crippen LogP contribution in [0.25, 0.3) is 10.9 Å². The fraction of sp³-hybridized carbons (Fsp3) is 0.304. The number of aromatic amines is 1. The van der Waals surface area contributed by atoms with Crippen molar-refractivity contribution in [3.63, 3.8) is 0 Å². The molecule has 0 saturated carbocycles. The largest absolute Gasteiger partial charge is 0.366 e. The van der Waals surface area contributed by atoms with Gasteiger partial charge in [0.1, 0.15) is 5.82 Å². The van der Waals surface area contributed by atoms with E-state index in [9.17, 15) is 14.0 Å². The van der Waals surface area contributed by atoms with Crippen LogP contribution in [0.15, 0.2) is 42.5 Å². The van der Waals surface area contributed by atoms with Gasteiger partial charge in [0, 0.05) is 60.9 Å². The summed E-state index contributed by atoms with van der Waals surface area (Å²) in [5, 5.41) is 3.99. The minimum Gasteiger partial charge on any atom is -0.366 e. The number of nitrogens with zero attached hydrogens (tertiary/aromatic N) is 2. The first-order valence-electron chi connectivity index (χ1n) is 10.5. The smallest absolute Gasteiger partial charge is 0.256 e. The number of rotatable bonds is 6. The zero-order chi connectivity index (χ0) is 22.7. The highest BCUT2D eigenvalue weighted by molar-refractivity contribution is 6.31. The Balaban J connectivity index is 1.57. The zero-order valence-electron chi connectivity index (χ0n) is 17.5. The van der Waals surface area contributed by atoms with Crippen molar-refractivity contribution in [3.05, 3.63) is 64.6 Å². The quantitative estimate of drug-likeness (QED) is 0.530. The lowest BCUT2D eigenvalue weighted by molar-refractivity contribution is -0.120. The Labute approximate surface area is 190 Å². The number of nitrogens with two attached hydrogens (primary N) is 1. The molecule has 2 amide bonds. The van der Waals surface area contributed by atoms with E-state index >= 15 is 0 Å². The van der Waals surface area contributed by atoms with Gasteiger partial charge in [-0.3, -0.25) is 9.59 Å². The highest BCUT2D eigenvalue weighted by atomic mass is 35.5. The van der Waals surface area contributed by atoms with Crippen molar-refractivity contribution < 1.29 is 14.0 Å². The van der Waals surface area contributed by atoms with Crippen LogP contribution in [0.1, 0.15) is 16.1 Å². The first-order valence-corrected chi connectivity index (χ1v) is 10.9. The lowest BCUT2D eigenvalue weighted by Crippen LogP contribution is -2.49. The molecule has 1 aromatic heterocycles. The molecule has 0 bridgehead atoms. The number of fused-ring (bicyclic) bond motifs is 1. The van der Waals surface area contributed by atoms with Crippen LogP contribution in [0.2, 0.25) is 5.02 Å². The van der Waals surface area contributed by atoms with E-state index in [2.05, 4.69) is 10.3 Å². The van der Waals surface area contributed by atoms with Gasteiger partial charge in [-0.25, -0.2) is 4.39 Å². The molecule has 0 spiro atoms. The minimum absolute atomic E-state index is 0.0303. The Kier molecular flexibility index (Phi) is 6.62. The summed E-state index contributed by atoms with van der Waals surface area (Å²) in [6.07, 6.45) is 0.0303. The van der Waals surface area contributed by atoms with Gasteiger partial charge in [0.15, 0.2) is 0 Å². The maximum Gasteiger partial charge on any atom is 0.256 e. The van der Waals surface area contributed by atoms with Gasteiger partial charge in [0.2, 0.25) is 5.91 Å². The highest BCUT2D eigenvalue weighted by Gasteiger charge is 2.28. The number of nitrogens with one attached hydrogen (secondary N) is 2. The molecule has 1 fully saturated rings. The summed E-state index contributed by atoms with van der Waals surface area (Å²) in [4.78, 5) is 32.7. The second-order valence-electron chi connectivity index (χ2n) is 7.71. The van der Waals surface area contributed by atoms with Crippen LogP contribution >= 0.6 is 11.6 Å². The van der Waals surface area contributed by atoms with Crippen LogP contribution in [0.4, 0.5) is 10.1 Å². The molecule has 32 heavy (non-hydrogen) atoms. The third-order valence-electron chi connectivity index (χ3n) is 5.62. The van der Waals surface area contributed by atoms with Crippen LogP contribution in [-0.4, -0.2) is 61.0 Å². The highest BCUT2D eigenvalue weighted by Crippen LogP contribution is 2.28. The summed E-state index contributed by atoms with van der Waals surface area (Å²) < 4.78 is 14.1. The molecule has 168 valence electrons. The van der Waals surface area contributed by atoms with Crippen molar-refractivity contribution in [1.82, 2.24) is 15.2 Å². The predicted molar refractivity (Wildman–Crippen MR) is 124 cm³/mol. The SMILES string of the molecule is NCCNC(=O)Cc1[nH]c2cc(Cl)ccc2c1C(=O)N1CCN(c2ccccc2F)CC1. The summed E-state index contributed by atoms with van der Waals surface area (Å²) in [6, 6.07) is 11.9. The first kappa shape index (κ1) is 22.1. The zero-order valence-corrected chi connectivity index (χ0v) is 18.3. The average Bonchev–Trinajstić information content (AvgIpc) is 3.14. The number of piperazine rings is 1. The number of amides is 2. The van der Waals surface area contributed by atoms with Crippen molar-refractivity contribution in [2.24, 2.45) is 5.73 Å². The van der Waals surface area contributed by atoms with E-state index in [0.29, 0.717) is 66.8 Å². The van der Waals surface area contributed by atoms with Crippen LogP contribution in [0, 0.1) is 5.82 Å². The van der Waals surface area contributed by atoms with E-state index in [-0.39, 0.29) is 24.1 Å². The third kappa shape index (κ3) is 4.56. The molecule has 2 heterocycles. The summed E-state index contributed by atoms with van der Waals surface area (Å²) in [7, 11) is 0. The van der Waals surface area contributed by atoms with Crippen molar-refractivity contribution in [1.29, 1.82) is 0 Å². The van der Waals surface area contributed by atoms with Crippen LogP contribution in [0.5, 0.6) is 0 Å². The van der Waals surface area contributed by atoms with E-state index in [1.807, 2.05) is 4.90 Å². The second-order valence-corrected chi connectivity index (χ2v) is 8.15. The molecule has 1 aliphatic heterocycles. The Morgan fingerprint density at radius 3 is 2.59 bits per heavy atom. The van der Waals surface area contributed by atoms with Gasteiger partial charge in [0.05, 0.1) is 17.7 Å². The van der Waals surface area contributed by atoms with Gasteiger partial charge < -0.3 is 25.8 Å². The number of hydrogen-bond acceptors (Lipinski definition) is 4. The first-order chi connectivity index (χ1) is 15.5. The molecule has 0 atom stereocenters. The molecule has 4 N–H and O–H groups in total. The van der Waals surface area contributed by atoms with Crippen molar-refractivity contribution in [2.45, 2.75) is 6.42 Å². The molecule has 0 aliphatic carbocycles. The predicted octanol–water partition coefficient (Wildman–Crippen LogP) is 2.54. The number of H-pyrrole nitrogens is 1. The topological polar surface area (TPSA) is 94.5 Å². The molecule has 1 saturated heterocycles. The molecular weight excluding hydrogens is 433 g/mol. The number of halogens is 2. The number of benzene rings is 2. The number of carbonyl (C=O) groups is 2. The van der Waals surface area contributed by atoms with Gasteiger partial charge >= 0.3 is 0 Å². The maximum absolute atomic E-state index is 14.1. The van der Waals surface area contributed by atoms with Gasteiger partial charge in [-0.15, -0.1) is 0 Å². The van der Waals surface area contributed by atoms with Crippen molar-refractivity contribution >= 4 is 40.0 Å². The standard InChI is InChI=1S/C23H25ClFN5O2/c24-15-5-6-16-18(13-15)28-19(14-21(31)27-8-7-26)22(16)23(32)30-11-9-29(10-12-30)20-4-2-1-3-17(20)25/h1-6,13,28H,7-12,14,26H2,(H,27,31).